The van der Waals surface area contributed by atoms with E-state index in [9.17, 15) is 18.0 Å². The number of halogens is 3. The van der Waals surface area contributed by atoms with E-state index in [1.54, 1.807) is 49.5 Å². The second kappa shape index (κ2) is 9.87. The Bertz CT molecular complexity index is 936. The van der Waals surface area contributed by atoms with Gasteiger partial charge < -0.3 is 14.4 Å². The Kier molecular flexibility index (Phi) is 7.22. The van der Waals surface area contributed by atoms with Crippen LogP contribution in [0.4, 0.5) is 13.2 Å². The lowest BCUT2D eigenvalue weighted by atomic mass is 10.1. The lowest BCUT2D eigenvalue weighted by Gasteiger charge is -2.34. The molecule has 0 radical (unpaired) electrons. The summed E-state index contributed by atoms with van der Waals surface area (Å²) in [5.74, 6) is 1.18. The van der Waals surface area contributed by atoms with Crippen LogP contribution in [0.1, 0.15) is 16.7 Å². The first-order valence-electron chi connectivity index (χ1n) is 9.87. The van der Waals surface area contributed by atoms with Crippen LogP contribution in [0, 0.1) is 0 Å². The standard InChI is InChI=1S/C23H25F3N2O3/c1-30-20-7-8-21(31-2)18(15-20)6-9-22(29)28-12-10-27(11-13-28)16-17-4-3-5-19(14-17)23(24,25)26/h3-9,14-15H,10-13,16H2,1-2H3/b9-6+. The molecule has 0 saturated carbocycles. The van der Waals surface area contributed by atoms with Gasteiger partial charge in [0.15, 0.2) is 0 Å². The summed E-state index contributed by atoms with van der Waals surface area (Å²) in [4.78, 5) is 16.3. The van der Waals surface area contributed by atoms with Crippen molar-refractivity contribution >= 4 is 12.0 Å². The summed E-state index contributed by atoms with van der Waals surface area (Å²) in [6, 6.07) is 10.7. The van der Waals surface area contributed by atoms with Crippen LogP contribution in [0.25, 0.3) is 6.08 Å². The monoisotopic (exact) mass is 434 g/mol. The Balaban J connectivity index is 1.56. The number of carbonyl (C=O) groups is 1. The zero-order valence-corrected chi connectivity index (χ0v) is 17.5. The maximum Gasteiger partial charge on any atom is 0.416 e. The summed E-state index contributed by atoms with van der Waals surface area (Å²) in [6.07, 6.45) is -1.16. The number of carbonyl (C=O) groups excluding carboxylic acids is 1. The van der Waals surface area contributed by atoms with Gasteiger partial charge in [0.1, 0.15) is 11.5 Å². The maximum absolute atomic E-state index is 12.9. The van der Waals surface area contributed by atoms with Crippen LogP contribution in [-0.4, -0.2) is 56.1 Å². The van der Waals surface area contributed by atoms with E-state index >= 15 is 0 Å². The lowest BCUT2D eigenvalue weighted by Crippen LogP contribution is -2.47. The van der Waals surface area contributed by atoms with Crippen LogP contribution in [0.5, 0.6) is 11.5 Å². The third kappa shape index (κ3) is 6.01. The average Bonchev–Trinajstić information content (AvgIpc) is 2.77. The van der Waals surface area contributed by atoms with E-state index in [1.165, 1.54) is 18.2 Å². The number of hydrogen-bond acceptors (Lipinski definition) is 4. The highest BCUT2D eigenvalue weighted by Crippen LogP contribution is 2.30. The van der Waals surface area contributed by atoms with Gasteiger partial charge in [0.05, 0.1) is 19.8 Å². The minimum absolute atomic E-state index is 0.122. The zero-order valence-electron chi connectivity index (χ0n) is 17.5. The third-order valence-corrected chi connectivity index (χ3v) is 5.19. The number of piperazine rings is 1. The van der Waals surface area contributed by atoms with Gasteiger partial charge >= 0.3 is 6.18 Å². The second-order valence-corrected chi connectivity index (χ2v) is 7.24. The number of rotatable bonds is 6. The van der Waals surface area contributed by atoms with Gasteiger partial charge in [0.25, 0.3) is 0 Å². The number of amides is 1. The zero-order chi connectivity index (χ0) is 22.4. The molecule has 0 aromatic heterocycles. The molecule has 1 aliphatic heterocycles. The highest BCUT2D eigenvalue weighted by Gasteiger charge is 2.30. The van der Waals surface area contributed by atoms with E-state index in [4.69, 9.17) is 9.47 Å². The number of methoxy groups -OCH3 is 2. The van der Waals surface area contributed by atoms with Crippen LogP contribution in [-0.2, 0) is 17.5 Å². The minimum Gasteiger partial charge on any atom is -0.497 e. The minimum atomic E-state index is -4.35. The van der Waals surface area contributed by atoms with Gasteiger partial charge in [-0.15, -0.1) is 0 Å². The molecule has 0 atom stereocenters. The first-order chi connectivity index (χ1) is 14.8. The van der Waals surface area contributed by atoms with Gasteiger partial charge in [0, 0.05) is 44.4 Å². The Labute approximate surface area is 179 Å². The molecule has 5 nitrogen and oxygen atoms in total. The Hall–Kier alpha value is -3.00. The molecule has 3 rings (SSSR count). The quantitative estimate of drug-likeness (QED) is 0.643. The van der Waals surface area contributed by atoms with Crippen molar-refractivity contribution in [3.63, 3.8) is 0 Å². The second-order valence-electron chi connectivity index (χ2n) is 7.24. The van der Waals surface area contributed by atoms with Gasteiger partial charge in [-0.05, 0) is 35.9 Å². The molecule has 8 heteroatoms. The number of ether oxygens (including phenoxy) is 2. The fraction of sp³-hybridized carbons (Fsp3) is 0.348. The molecule has 0 aliphatic carbocycles. The summed E-state index contributed by atoms with van der Waals surface area (Å²) in [5, 5.41) is 0. The molecular formula is C23H25F3N2O3. The predicted molar refractivity (Wildman–Crippen MR) is 112 cm³/mol. The summed E-state index contributed by atoms with van der Waals surface area (Å²) < 4.78 is 49.2. The highest BCUT2D eigenvalue weighted by atomic mass is 19.4. The van der Waals surface area contributed by atoms with Gasteiger partial charge in [-0.1, -0.05) is 18.2 Å². The molecule has 2 aromatic carbocycles. The molecule has 0 N–H and O–H groups in total. The Morgan fingerprint density at radius 1 is 1.03 bits per heavy atom. The molecule has 31 heavy (non-hydrogen) atoms. The van der Waals surface area contributed by atoms with E-state index < -0.39 is 11.7 Å². The van der Waals surface area contributed by atoms with Crippen molar-refractivity contribution in [2.24, 2.45) is 0 Å². The summed E-state index contributed by atoms with van der Waals surface area (Å²) in [7, 11) is 3.13. The van der Waals surface area contributed by atoms with Crippen molar-refractivity contribution in [2.45, 2.75) is 12.7 Å². The molecule has 0 unspecified atom stereocenters. The van der Waals surface area contributed by atoms with Crippen LogP contribution in [0.15, 0.2) is 48.5 Å². The van der Waals surface area contributed by atoms with E-state index in [0.717, 1.165) is 11.6 Å². The third-order valence-electron chi connectivity index (χ3n) is 5.19. The van der Waals surface area contributed by atoms with E-state index in [1.807, 2.05) is 4.90 Å². The molecule has 1 heterocycles. The first-order valence-corrected chi connectivity index (χ1v) is 9.87. The number of benzene rings is 2. The molecule has 166 valence electrons. The molecule has 1 amide bonds. The molecule has 0 spiro atoms. The van der Waals surface area contributed by atoms with Gasteiger partial charge in [-0.2, -0.15) is 13.2 Å². The Morgan fingerprint density at radius 3 is 2.42 bits per heavy atom. The first kappa shape index (κ1) is 22.7. The molecule has 1 aliphatic rings. The summed E-state index contributed by atoms with van der Waals surface area (Å²) in [5.41, 5.74) is 0.704. The molecular weight excluding hydrogens is 409 g/mol. The normalized spacial score (nSPS) is 15.3. The highest BCUT2D eigenvalue weighted by molar-refractivity contribution is 5.92. The number of nitrogens with zero attached hydrogens (tertiary/aromatic N) is 2. The van der Waals surface area contributed by atoms with Crippen molar-refractivity contribution in [3.8, 4) is 11.5 Å². The van der Waals surface area contributed by atoms with Crippen molar-refractivity contribution in [1.82, 2.24) is 9.80 Å². The fourth-order valence-electron chi connectivity index (χ4n) is 3.47. The van der Waals surface area contributed by atoms with E-state index in [0.29, 0.717) is 49.8 Å². The summed E-state index contributed by atoms with van der Waals surface area (Å²) >= 11 is 0. The van der Waals surface area contributed by atoms with Gasteiger partial charge in [0.2, 0.25) is 5.91 Å². The molecule has 0 bridgehead atoms. The Morgan fingerprint density at radius 2 is 1.77 bits per heavy atom. The maximum atomic E-state index is 12.9. The molecule has 1 fully saturated rings. The van der Waals surface area contributed by atoms with Crippen molar-refractivity contribution in [2.75, 3.05) is 40.4 Å². The number of hydrogen-bond donors (Lipinski definition) is 0. The number of alkyl halides is 3. The predicted octanol–water partition coefficient (Wildman–Crippen LogP) is 4.08. The SMILES string of the molecule is COc1ccc(OC)c(/C=C/C(=O)N2CCN(Cc3cccc(C(F)(F)F)c3)CC2)c1. The smallest absolute Gasteiger partial charge is 0.416 e. The fourth-order valence-corrected chi connectivity index (χ4v) is 3.47. The van der Waals surface area contributed by atoms with Crippen LogP contribution < -0.4 is 9.47 Å². The summed E-state index contributed by atoms with van der Waals surface area (Å²) in [6.45, 7) is 2.63. The van der Waals surface area contributed by atoms with Crippen molar-refractivity contribution in [3.05, 3.63) is 65.2 Å². The van der Waals surface area contributed by atoms with Gasteiger partial charge in [-0.25, -0.2) is 0 Å². The molecule has 2 aromatic rings. The van der Waals surface area contributed by atoms with Crippen LogP contribution in [0.3, 0.4) is 0 Å². The topological polar surface area (TPSA) is 42.0 Å². The van der Waals surface area contributed by atoms with Crippen LogP contribution >= 0.6 is 0 Å². The average molecular weight is 434 g/mol. The van der Waals surface area contributed by atoms with Crippen LogP contribution in [0.2, 0.25) is 0 Å². The van der Waals surface area contributed by atoms with Gasteiger partial charge in [-0.3, -0.25) is 9.69 Å². The lowest BCUT2D eigenvalue weighted by molar-refractivity contribution is -0.137. The van der Waals surface area contributed by atoms with Crippen molar-refractivity contribution in [1.29, 1.82) is 0 Å². The van der Waals surface area contributed by atoms with E-state index in [2.05, 4.69) is 0 Å². The molecule has 1 saturated heterocycles. The van der Waals surface area contributed by atoms with Crippen molar-refractivity contribution < 1.29 is 27.4 Å². The van der Waals surface area contributed by atoms with E-state index in [-0.39, 0.29) is 5.91 Å². The largest absolute Gasteiger partial charge is 0.497 e.